The first-order valence-corrected chi connectivity index (χ1v) is 10.5. The Morgan fingerprint density at radius 1 is 0.778 bits per heavy atom. The SMILES string of the molecule is CCCCCCCCC(Oc1ccc(O)cc1)C(OCC)(OCC)OCC. The summed E-state index contributed by atoms with van der Waals surface area (Å²) >= 11 is 0. The molecule has 0 saturated heterocycles. The molecule has 1 unspecified atom stereocenters. The number of benzene rings is 1. The van der Waals surface area contributed by atoms with Crippen molar-refractivity contribution < 1.29 is 24.1 Å². The van der Waals surface area contributed by atoms with E-state index in [0.717, 1.165) is 19.3 Å². The van der Waals surface area contributed by atoms with Crippen molar-refractivity contribution in [2.45, 2.75) is 84.7 Å². The number of phenolic OH excluding ortho intramolecular Hbond substituents is 1. The van der Waals surface area contributed by atoms with Crippen LogP contribution in [-0.4, -0.2) is 37.0 Å². The zero-order valence-corrected chi connectivity index (χ0v) is 17.5. The zero-order chi connectivity index (χ0) is 20.0. The highest BCUT2D eigenvalue weighted by molar-refractivity contribution is 5.30. The third kappa shape index (κ3) is 8.50. The second kappa shape index (κ2) is 13.8. The van der Waals surface area contributed by atoms with Crippen LogP contribution < -0.4 is 4.74 Å². The maximum absolute atomic E-state index is 9.52. The average molecular weight is 383 g/mol. The number of aromatic hydroxyl groups is 1. The minimum absolute atomic E-state index is 0.209. The molecule has 5 heteroatoms. The highest BCUT2D eigenvalue weighted by Crippen LogP contribution is 2.30. The van der Waals surface area contributed by atoms with Crippen LogP contribution in [0.1, 0.15) is 72.6 Å². The van der Waals surface area contributed by atoms with E-state index in [1.54, 1.807) is 24.3 Å². The summed E-state index contributed by atoms with van der Waals surface area (Å²) in [6.07, 6.45) is 7.57. The maximum Gasteiger partial charge on any atom is 0.322 e. The molecule has 1 atom stereocenters. The largest absolute Gasteiger partial charge is 0.508 e. The van der Waals surface area contributed by atoms with E-state index >= 15 is 0 Å². The fourth-order valence-corrected chi connectivity index (χ4v) is 3.11. The summed E-state index contributed by atoms with van der Waals surface area (Å²) in [5, 5.41) is 9.52. The first kappa shape index (κ1) is 23.7. The molecule has 0 aliphatic carbocycles. The van der Waals surface area contributed by atoms with E-state index in [9.17, 15) is 5.11 Å². The van der Waals surface area contributed by atoms with Crippen molar-refractivity contribution in [3.05, 3.63) is 24.3 Å². The number of ether oxygens (including phenoxy) is 4. The van der Waals surface area contributed by atoms with Gasteiger partial charge in [0.25, 0.3) is 0 Å². The van der Waals surface area contributed by atoms with Crippen LogP contribution in [0, 0.1) is 0 Å². The van der Waals surface area contributed by atoms with Crippen molar-refractivity contribution in [2.75, 3.05) is 19.8 Å². The van der Waals surface area contributed by atoms with Gasteiger partial charge in [-0.2, -0.15) is 0 Å². The van der Waals surface area contributed by atoms with Crippen LogP contribution in [0.4, 0.5) is 0 Å². The maximum atomic E-state index is 9.52. The highest BCUT2D eigenvalue weighted by Gasteiger charge is 2.44. The van der Waals surface area contributed by atoms with Crippen LogP contribution in [0.15, 0.2) is 24.3 Å². The third-order valence-corrected chi connectivity index (χ3v) is 4.37. The van der Waals surface area contributed by atoms with Gasteiger partial charge in [0, 0.05) is 19.8 Å². The fourth-order valence-electron chi connectivity index (χ4n) is 3.11. The molecule has 0 amide bonds. The molecular weight excluding hydrogens is 344 g/mol. The third-order valence-electron chi connectivity index (χ3n) is 4.37. The predicted octanol–water partition coefficient (Wildman–Crippen LogP) is 5.65. The van der Waals surface area contributed by atoms with Crippen molar-refractivity contribution in [3.63, 3.8) is 0 Å². The second-order valence-corrected chi connectivity index (χ2v) is 6.56. The number of unbranched alkanes of at least 4 members (excludes halogenated alkanes) is 5. The minimum Gasteiger partial charge on any atom is -0.508 e. The Kier molecular flexibility index (Phi) is 12.1. The lowest BCUT2D eigenvalue weighted by Gasteiger charge is -2.38. The van der Waals surface area contributed by atoms with Gasteiger partial charge in [0.05, 0.1) is 0 Å². The van der Waals surface area contributed by atoms with Gasteiger partial charge in [-0.3, -0.25) is 0 Å². The van der Waals surface area contributed by atoms with Crippen molar-refractivity contribution in [1.29, 1.82) is 0 Å². The summed E-state index contributed by atoms with van der Waals surface area (Å²) in [7, 11) is 0. The van der Waals surface area contributed by atoms with E-state index in [0.29, 0.717) is 25.6 Å². The second-order valence-electron chi connectivity index (χ2n) is 6.56. The Morgan fingerprint density at radius 2 is 1.30 bits per heavy atom. The molecule has 0 radical (unpaired) electrons. The Bertz CT molecular complexity index is 457. The monoisotopic (exact) mass is 382 g/mol. The number of hydrogen-bond acceptors (Lipinski definition) is 5. The van der Waals surface area contributed by atoms with E-state index in [1.165, 1.54) is 25.7 Å². The lowest BCUT2D eigenvalue weighted by molar-refractivity contribution is -0.406. The molecule has 1 aromatic carbocycles. The molecule has 0 fully saturated rings. The van der Waals surface area contributed by atoms with Crippen LogP contribution in [0.5, 0.6) is 11.5 Å². The Labute approximate surface area is 165 Å². The van der Waals surface area contributed by atoms with Crippen LogP contribution in [0.3, 0.4) is 0 Å². The van der Waals surface area contributed by atoms with Crippen molar-refractivity contribution in [3.8, 4) is 11.5 Å². The highest BCUT2D eigenvalue weighted by atomic mass is 16.9. The summed E-state index contributed by atoms with van der Waals surface area (Å²) in [6, 6.07) is 6.72. The zero-order valence-electron chi connectivity index (χ0n) is 17.5. The van der Waals surface area contributed by atoms with E-state index in [2.05, 4.69) is 6.92 Å². The minimum atomic E-state index is -1.22. The van der Waals surface area contributed by atoms with Crippen molar-refractivity contribution >= 4 is 0 Å². The van der Waals surface area contributed by atoms with Crippen LogP contribution in [0.25, 0.3) is 0 Å². The molecule has 0 saturated carbocycles. The smallest absolute Gasteiger partial charge is 0.322 e. The quantitative estimate of drug-likeness (QED) is 0.295. The Hall–Kier alpha value is -1.30. The van der Waals surface area contributed by atoms with Gasteiger partial charge in [0.2, 0.25) is 0 Å². The Morgan fingerprint density at radius 3 is 1.81 bits per heavy atom. The molecule has 0 aromatic heterocycles. The number of hydrogen-bond donors (Lipinski definition) is 1. The van der Waals surface area contributed by atoms with Gasteiger partial charge in [-0.25, -0.2) is 0 Å². The van der Waals surface area contributed by atoms with Gasteiger partial charge in [0.1, 0.15) is 11.5 Å². The molecule has 0 aliphatic heterocycles. The lowest BCUT2D eigenvalue weighted by atomic mass is 10.1. The number of phenols is 1. The summed E-state index contributed by atoms with van der Waals surface area (Å²) in [5.41, 5.74) is 0. The average Bonchev–Trinajstić information content (AvgIpc) is 2.65. The predicted molar refractivity (Wildman–Crippen MR) is 108 cm³/mol. The molecular formula is C22H38O5. The standard InChI is InChI=1S/C22H38O5/c1-5-9-10-11-12-13-14-21(27-20-17-15-19(23)16-18-20)22(24-6-2,25-7-3)26-8-4/h15-18,21,23H,5-14H2,1-4H3. The molecule has 1 N–H and O–H groups in total. The van der Waals surface area contributed by atoms with Crippen LogP contribution in [0.2, 0.25) is 0 Å². The summed E-state index contributed by atoms with van der Waals surface area (Å²) in [4.78, 5) is 0. The van der Waals surface area contributed by atoms with E-state index in [4.69, 9.17) is 18.9 Å². The molecule has 5 nitrogen and oxygen atoms in total. The van der Waals surface area contributed by atoms with E-state index in [-0.39, 0.29) is 5.75 Å². The van der Waals surface area contributed by atoms with Gasteiger partial charge in [-0.05, 0) is 57.9 Å². The molecule has 156 valence electrons. The molecule has 0 spiro atoms. The lowest BCUT2D eigenvalue weighted by Crippen LogP contribution is -2.52. The molecule has 0 heterocycles. The van der Waals surface area contributed by atoms with Crippen LogP contribution >= 0.6 is 0 Å². The van der Waals surface area contributed by atoms with E-state index < -0.39 is 12.1 Å². The van der Waals surface area contributed by atoms with Crippen molar-refractivity contribution in [1.82, 2.24) is 0 Å². The summed E-state index contributed by atoms with van der Waals surface area (Å²) in [5.74, 6) is -0.354. The fraction of sp³-hybridized carbons (Fsp3) is 0.727. The van der Waals surface area contributed by atoms with Crippen LogP contribution in [-0.2, 0) is 14.2 Å². The van der Waals surface area contributed by atoms with Crippen molar-refractivity contribution in [2.24, 2.45) is 0 Å². The molecule has 1 rings (SSSR count). The van der Waals surface area contributed by atoms with Gasteiger partial charge in [-0.15, -0.1) is 0 Å². The number of rotatable bonds is 16. The van der Waals surface area contributed by atoms with E-state index in [1.807, 2.05) is 20.8 Å². The topological polar surface area (TPSA) is 57.2 Å². The first-order chi connectivity index (χ1) is 13.1. The Balaban J connectivity index is 2.88. The summed E-state index contributed by atoms with van der Waals surface area (Å²) < 4.78 is 24.1. The normalized spacial score (nSPS) is 12.9. The molecule has 1 aromatic rings. The van der Waals surface area contributed by atoms with Gasteiger partial charge in [-0.1, -0.05) is 39.0 Å². The van der Waals surface area contributed by atoms with Gasteiger partial charge < -0.3 is 24.1 Å². The molecule has 0 bridgehead atoms. The van der Waals surface area contributed by atoms with Gasteiger partial charge in [0.15, 0.2) is 6.10 Å². The molecule has 0 aliphatic rings. The summed E-state index contributed by atoms with van der Waals surface area (Å²) in [6.45, 7) is 9.39. The molecule has 27 heavy (non-hydrogen) atoms. The first-order valence-electron chi connectivity index (χ1n) is 10.5. The van der Waals surface area contributed by atoms with Gasteiger partial charge >= 0.3 is 5.97 Å².